The predicted molar refractivity (Wildman–Crippen MR) is 85.9 cm³/mol. The number of hydrogen-bond donors (Lipinski definition) is 2. The summed E-state index contributed by atoms with van der Waals surface area (Å²) in [7, 11) is 0. The summed E-state index contributed by atoms with van der Waals surface area (Å²) in [5.74, 6) is 0.255. The summed E-state index contributed by atoms with van der Waals surface area (Å²) in [4.78, 5) is 42.5. The average molecular weight is 329 g/mol. The molecule has 0 aromatic carbocycles. The number of amides is 1. The van der Waals surface area contributed by atoms with Crippen molar-refractivity contribution >= 4 is 5.91 Å². The van der Waals surface area contributed by atoms with Gasteiger partial charge in [0, 0.05) is 24.7 Å². The van der Waals surface area contributed by atoms with Crippen molar-refractivity contribution in [3.63, 3.8) is 0 Å². The van der Waals surface area contributed by atoms with Crippen molar-refractivity contribution in [3.05, 3.63) is 50.6 Å². The maximum Gasteiger partial charge on any atom is 0.323 e. The van der Waals surface area contributed by atoms with Gasteiger partial charge < -0.3 is 14.9 Å². The van der Waals surface area contributed by atoms with Gasteiger partial charge in [0.2, 0.25) is 0 Å². The number of nitrogens with zero attached hydrogens (tertiary/aromatic N) is 3. The lowest BCUT2D eigenvalue weighted by molar-refractivity contribution is 0.0714. The summed E-state index contributed by atoms with van der Waals surface area (Å²) in [5, 5.41) is 4.47. The molecular formula is C16H19N5O3. The van der Waals surface area contributed by atoms with Crippen LogP contribution in [-0.2, 0) is 6.54 Å². The van der Waals surface area contributed by atoms with Gasteiger partial charge in [0.25, 0.3) is 11.5 Å². The molecule has 8 nitrogen and oxygen atoms in total. The molecule has 24 heavy (non-hydrogen) atoms. The van der Waals surface area contributed by atoms with E-state index in [9.17, 15) is 14.4 Å². The molecule has 2 fully saturated rings. The van der Waals surface area contributed by atoms with Crippen LogP contribution >= 0.6 is 0 Å². The van der Waals surface area contributed by atoms with Gasteiger partial charge in [-0.1, -0.05) is 0 Å². The first-order valence-corrected chi connectivity index (χ1v) is 8.28. The van der Waals surface area contributed by atoms with E-state index in [-0.39, 0.29) is 23.2 Å². The first kappa shape index (κ1) is 14.9. The molecule has 1 aliphatic carbocycles. The molecule has 1 saturated carbocycles. The molecule has 2 N–H and O–H groups in total. The summed E-state index contributed by atoms with van der Waals surface area (Å²) in [6.07, 6.45) is 5.34. The second-order valence-corrected chi connectivity index (χ2v) is 6.50. The lowest BCUT2D eigenvalue weighted by atomic mass is 10.2. The van der Waals surface area contributed by atoms with Crippen LogP contribution in [0.5, 0.6) is 0 Å². The van der Waals surface area contributed by atoms with Crippen molar-refractivity contribution in [2.75, 3.05) is 6.54 Å². The number of likely N-dealkylation sites (tertiary alicyclic amines) is 1. The maximum atomic E-state index is 12.6. The van der Waals surface area contributed by atoms with Gasteiger partial charge in [-0.3, -0.25) is 9.59 Å². The molecule has 2 aliphatic rings. The Balaban J connectivity index is 1.55. The predicted octanol–water partition coefficient (Wildman–Crippen LogP) is 0.442. The fraction of sp³-hybridized carbons (Fsp3) is 0.500. The van der Waals surface area contributed by atoms with Crippen molar-refractivity contribution in [2.45, 2.75) is 44.2 Å². The van der Waals surface area contributed by atoms with E-state index in [1.54, 1.807) is 17.0 Å². The Bertz CT molecular complexity index is 876. The van der Waals surface area contributed by atoms with Gasteiger partial charge in [0.05, 0.1) is 18.3 Å². The van der Waals surface area contributed by atoms with Crippen molar-refractivity contribution in [3.8, 4) is 0 Å². The third-order valence-electron chi connectivity index (χ3n) is 4.73. The largest absolute Gasteiger partial charge is 0.332 e. The summed E-state index contributed by atoms with van der Waals surface area (Å²) in [6, 6.07) is 3.28. The van der Waals surface area contributed by atoms with Crippen LogP contribution in [0.3, 0.4) is 0 Å². The normalized spacial score (nSPS) is 20.5. The number of H-pyrrole nitrogens is 2. The first-order valence-electron chi connectivity index (χ1n) is 8.28. The average Bonchev–Trinajstić information content (AvgIpc) is 3.17. The topological polar surface area (TPSA) is 104 Å². The second kappa shape index (κ2) is 5.77. The van der Waals surface area contributed by atoms with Crippen LogP contribution in [-0.4, -0.2) is 43.1 Å². The number of aromatic amines is 2. The number of aromatic nitrogens is 4. The van der Waals surface area contributed by atoms with Gasteiger partial charge >= 0.3 is 5.69 Å². The molecule has 1 atom stereocenters. The lowest BCUT2D eigenvalue weighted by Crippen LogP contribution is -2.41. The Morgan fingerprint density at radius 2 is 2.08 bits per heavy atom. The molecule has 2 aromatic rings. The SMILES string of the molecule is O=C(c1c[nH]c(=O)[nH]1)N1CCCC1Cn1nc(C2CC2)ccc1=O. The molecule has 4 rings (SSSR count). The second-order valence-electron chi connectivity index (χ2n) is 6.50. The zero-order chi connectivity index (χ0) is 16.7. The quantitative estimate of drug-likeness (QED) is 0.849. The van der Waals surface area contributed by atoms with E-state index in [1.807, 2.05) is 0 Å². The highest BCUT2D eigenvalue weighted by molar-refractivity contribution is 5.92. The van der Waals surface area contributed by atoms with Crippen LogP contribution in [0.2, 0.25) is 0 Å². The Morgan fingerprint density at radius 3 is 2.79 bits per heavy atom. The molecule has 1 aliphatic heterocycles. The summed E-state index contributed by atoms with van der Waals surface area (Å²) in [5.41, 5.74) is 0.664. The zero-order valence-corrected chi connectivity index (χ0v) is 13.2. The van der Waals surface area contributed by atoms with Crippen molar-refractivity contribution < 1.29 is 4.79 Å². The Hall–Kier alpha value is -2.64. The van der Waals surface area contributed by atoms with E-state index in [2.05, 4.69) is 15.1 Å². The van der Waals surface area contributed by atoms with E-state index in [0.29, 0.717) is 19.0 Å². The van der Waals surface area contributed by atoms with Crippen molar-refractivity contribution in [2.24, 2.45) is 0 Å². The van der Waals surface area contributed by atoms with E-state index in [4.69, 9.17) is 0 Å². The summed E-state index contributed by atoms with van der Waals surface area (Å²) in [6.45, 7) is 1.01. The van der Waals surface area contributed by atoms with Gasteiger partial charge in [-0.15, -0.1) is 0 Å². The van der Waals surface area contributed by atoms with Crippen LogP contribution in [0, 0.1) is 0 Å². The molecule has 1 unspecified atom stereocenters. The lowest BCUT2D eigenvalue weighted by Gasteiger charge is -2.24. The third kappa shape index (κ3) is 2.79. The highest BCUT2D eigenvalue weighted by atomic mass is 16.2. The molecule has 126 valence electrons. The Labute approximate surface area is 137 Å². The molecule has 1 saturated heterocycles. The number of hydrogen-bond acceptors (Lipinski definition) is 4. The standard InChI is InChI=1S/C16H19N5O3/c22-14-6-5-12(10-3-4-10)19-21(14)9-11-2-1-7-20(11)15(23)13-8-17-16(24)18-13/h5-6,8,10-11H,1-4,7,9H2,(H2,17,18,24). The summed E-state index contributed by atoms with van der Waals surface area (Å²) >= 11 is 0. The van der Waals surface area contributed by atoms with Crippen LogP contribution in [0.1, 0.15) is 47.8 Å². The molecule has 0 radical (unpaired) electrons. The monoisotopic (exact) mass is 329 g/mol. The first-order chi connectivity index (χ1) is 11.6. The maximum absolute atomic E-state index is 12.6. The van der Waals surface area contributed by atoms with Crippen LogP contribution in [0.15, 0.2) is 27.9 Å². The van der Waals surface area contributed by atoms with Crippen molar-refractivity contribution in [1.29, 1.82) is 0 Å². The number of rotatable bonds is 4. The van der Waals surface area contributed by atoms with Gasteiger partial charge in [-0.2, -0.15) is 5.10 Å². The minimum absolute atomic E-state index is 0.0874. The van der Waals surface area contributed by atoms with E-state index in [0.717, 1.165) is 31.4 Å². The fourth-order valence-electron chi connectivity index (χ4n) is 3.29. The minimum Gasteiger partial charge on any atom is -0.332 e. The smallest absolute Gasteiger partial charge is 0.323 e. The molecule has 2 aromatic heterocycles. The van der Waals surface area contributed by atoms with Crippen LogP contribution in [0.4, 0.5) is 0 Å². The molecule has 8 heteroatoms. The van der Waals surface area contributed by atoms with Gasteiger partial charge in [0.15, 0.2) is 0 Å². The molecule has 0 bridgehead atoms. The van der Waals surface area contributed by atoms with Crippen molar-refractivity contribution in [1.82, 2.24) is 24.6 Å². The highest BCUT2D eigenvalue weighted by Gasteiger charge is 2.31. The Morgan fingerprint density at radius 1 is 1.25 bits per heavy atom. The number of imidazole rings is 1. The number of carbonyl (C=O) groups excluding carboxylic acids is 1. The van der Waals surface area contributed by atoms with Crippen LogP contribution < -0.4 is 11.2 Å². The highest BCUT2D eigenvalue weighted by Crippen LogP contribution is 2.38. The molecule has 0 spiro atoms. The number of nitrogens with one attached hydrogen (secondary N) is 2. The van der Waals surface area contributed by atoms with Gasteiger partial charge in [-0.25, -0.2) is 9.48 Å². The Kier molecular flexibility index (Phi) is 3.59. The molecule has 1 amide bonds. The van der Waals surface area contributed by atoms with Gasteiger partial charge in [0.1, 0.15) is 5.69 Å². The fourth-order valence-corrected chi connectivity index (χ4v) is 3.29. The zero-order valence-electron chi connectivity index (χ0n) is 13.2. The van der Waals surface area contributed by atoms with E-state index in [1.165, 1.54) is 10.9 Å². The van der Waals surface area contributed by atoms with Crippen LogP contribution in [0.25, 0.3) is 0 Å². The third-order valence-corrected chi connectivity index (χ3v) is 4.73. The van der Waals surface area contributed by atoms with E-state index >= 15 is 0 Å². The minimum atomic E-state index is -0.399. The number of carbonyl (C=O) groups is 1. The summed E-state index contributed by atoms with van der Waals surface area (Å²) < 4.78 is 1.48. The van der Waals surface area contributed by atoms with E-state index < -0.39 is 5.69 Å². The van der Waals surface area contributed by atoms with Gasteiger partial charge in [-0.05, 0) is 31.7 Å². The molecular weight excluding hydrogens is 310 g/mol. The molecule has 3 heterocycles.